The molecule has 0 saturated heterocycles. The summed E-state index contributed by atoms with van der Waals surface area (Å²) in [4.78, 5) is 0. The Morgan fingerprint density at radius 1 is 1.18 bits per heavy atom. The highest BCUT2D eigenvalue weighted by Crippen LogP contribution is 2.23. The molecule has 1 aromatic carbocycles. The fourth-order valence-electron chi connectivity index (χ4n) is 1.78. The highest BCUT2D eigenvalue weighted by molar-refractivity contribution is 6.28. The summed E-state index contributed by atoms with van der Waals surface area (Å²) in [5.41, 5.74) is 4.03. The SMILES string of the molecule is NNC(CCc1ccccc1)c1ccc(Cl)o1. The molecule has 3 nitrogen and oxygen atoms in total. The van der Waals surface area contributed by atoms with Gasteiger partial charge in [0.25, 0.3) is 0 Å². The van der Waals surface area contributed by atoms with Gasteiger partial charge in [-0.1, -0.05) is 30.3 Å². The Hall–Kier alpha value is -1.29. The average Bonchev–Trinajstić information content (AvgIpc) is 2.78. The van der Waals surface area contributed by atoms with Crippen LogP contribution in [0.2, 0.25) is 5.22 Å². The summed E-state index contributed by atoms with van der Waals surface area (Å²) in [6, 6.07) is 13.8. The summed E-state index contributed by atoms with van der Waals surface area (Å²) in [5, 5.41) is 0.389. The normalized spacial score (nSPS) is 12.6. The lowest BCUT2D eigenvalue weighted by Gasteiger charge is -2.12. The van der Waals surface area contributed by atoms with Crippen molar-refractivity contribution in [2.75, 3.05) is 0 Å². The van der Waals surface area contributed by atoms with E-state index in [1.807, 2.05) is 24.3 Å². The van der Waals surface area contributed by atoms with Gasteiger partial charge in [-0.3, -0.25) is 5.84 Å². The van der Waals surface area contributed by atoms with Crippen LogP contribution in [-0.2, 0) is 6.42 Å². The summed E-state index contributed by atoms with van der Waals surface area (Å²) in [6.07, 6.45) is 1.80. The molecule has 3 N–H and O–H groups in total. The molecule has 0 radical (unpaired) electrons. The van der Waals surface area contributed by atoms with Crippen LogP contribution in [0.3, 0.4) is 0 Å². The van der Waals surface area contributed by atoms with Gasteiger partial charge in [0, 0.05) is 0 Å². The van der Waals surface area contributed by atoms with E-state index in [4.69, 9.17) is 21.9 Å². The van der Waals surface area contributed by atoms with Gasteiger partial charge >= 0.3 is 0 Å². The molecule has 1 atom stereocenters. The summed E-state index contributed by atoms with van der Waals surface area (Å²) in [6.45, 7) is 0. The van der Waals surface area contributed by atoms with Gasteiger partial charge in [-0.2, -0.15) is 0 Å². The van der Waals surface area contributed by atoms with E-state index in [0.717, 1.165) is 18.6 Å². The molecule has 0 aliphatic rings. The summed E-state index contributed by atoms with van der Waals surface area (Å²) in [7, 11) is 0. The minimum Gasteiger partial charge on any atom is -0.448 e. The smallest absolute Gasteiger partial charge is 0.193 e. The predicted octanol–water partition coefficient (Wildman–Crippen LogP) is 3.07. The van der Waals surface area contributed by atoms with Crippen molar-refractivity contribution in [1.82, 2.24) is 5.43 Å². The Labute approximate surface area is 106 Å². The molecule has 0 amide bonds. The molecular weight excluding hydrogens is 236 g/mol. The number of furan rings is 1. The third-order valence-electron chi connectivity index (χ3n) is 2.70. The van der Waals surface area contributed by atoms with Crippen LogP contribution >= 0.6 is 11.6 Å². The van der Waals surface area contributed by atoms with Crippen molar-refractivity contribution < 1.29 is 4.42 Å². The number of nitrogens with two attached hydrogens (primary N) is 1. The Morgan fingerprint density at radius 2 is 1.94 bits per heavy atom. The summed E-state index contributed by atoms with van der Waals surface area (Å²) >= 11 is 5.74. The van der Waals surface area contributed by atoms with Crippen molar-refractivity contribution in [1.29, 1.82) is 0 Å². The molecule has 1 aromatic heterocycles. The third-order valence-corrected chi connectivity index (χ3v) is 2.91. The van der Waals surface area contributed by atoms with E-state index < -0.39 is 0 Å². The number of aryl methyl sites for hydroxylation is 1. The van der Waals surface area contributed by atoms with Gasteiger partial charge in [0.05, 0.1) is 6.04 Å². The van der Waals surface area contributed by atoms with Gasteiger partial charge < -0.3 is 4.42 Å². The van der Waals surface area contributed by atoms with Crippen LogP contribution in [0.25, 0.3) is 0 Å². The van der Waals surface area contributed by atoms with E-state index >= 15 is 0 Å². The van der Waals surface area contributed by atoms with E-state index in [1.54, 1.807) is 6.07 Å². The van der Waals surface area contributed by atoms with Gasteiger partial charge in [0.2, 0.25) is 0 Å². The molecule has 1 unspecified atom stereocenters. The Bertz CT molecular complexity index is 455. The van der Waals surface area contributed by atoms with Crippen LogP contribution in [0.15, 0.2) is 46.9 Å². The topological polar surface area (TPSA) is 51.2 Å². The number of hydrazine groups is 1. The van der Waals surface area contributed by atoms with Crippen LogP contribution in [-0.4, -0.2) is 0 Å². The van der Waals surface area contributed by atoms with Gasteiger partial charge in [-0.05, 0) is 42.1 Å². The molecule has 0 fully saturated rings. The number of benzene rings is 1. The minimum absolute atomic E-state index is 0.0114. The molecule has 0 aliphatic heterocycles. The van der Waals surface area contributed by atoms with Crippen molar-refractivity contribution in [2.45, 2.75) is 18.9 Å². The molecule has 0 spiro atoms. The van der Waals surface area contributed by atoms with Gasteiger partial charge in [0.1, 0.15) is 5.76 Å². The fraction of sp³-hybridized carbons (Fsp3) is 0.231. The van der Waals surface area contributed by atoms with E-state index in [1.165, 1.54) is 5.56 Å². The molecule has 2 aromatic rings. The van der Waals surface area contributed by atoms with Crippen molar-refractivity contribution in [3.05, 3.63) is 59.0 Å². The maximum atomic E-state index is 5.74. The molecule has 2 rings (SSSR count). The number of halogens is 1. The second kappa shape index (κ2) is 5.87. The van der Waals surface area contributed by atoms with Crippen LogP contribution in [0.5, 0.6) is 0 Å². The Kier molecular flexibility index (Phi) is 4.20. The van der Waals surface area contributed by atoms with Crippen LogP contribution in [0.1, 0.15) is 23.8 Å². The van der Waals surface area contributed by atoms with E-state index in [0.29, 0.717) is 5.22 Å². The second-order valence-corrected chi connectivity index (χ2v) is 4.26. The van der Waals surface area contributed by atoms with Gasteiger partial charge in [-0.15, -0.1) is 0 Å². The van der Waals surface area contributed by atoms with Gasteiger partial charge in [0.15, 0.2) is 5.22 Å². The number of hydrogen-bond donors (Lipinski definition) is 2. The lowest BCUT2D eigenvalue weighted by molar-refractivity contribution is 0.402. The average molecular weight is 251 g/mol. The van der Waals surface area contributed by atoms with Crippen molar-refractivity contribution in [3.8, 4) is 0 Å². The number of rotatable bonds is 5. The minimum atomic E-state index is -0.0114. The first-order chi connectivity index (χ1) is 8.29. The molecule has 0 saturated carbocycles. The van der Waals surface area contributed by atoms with E-state index in [9.17, 15) is 0 Å². The summed E-state index contributed by atoms with van der Waals surface area (Å²) < 4.78 is 5.35. The largest absolute Gasteiger partial charge is 0.448 e. The molecule has 0 bridgehead atoms. The zero-order valence-corrected chi connectivity index (χ0v) is 10.2. The maximum absolute atomic E-state index is 5.74. The Balaban J connectivity index is 1.97. The number of hydrogen-bond acceptors (Lipinski definition) is 3. The summed E-state index contributed by atoms with van der Waals surface area (Å²) in [5.74, 6) is 6.30. The van der Waals surface area contributed by atoms with Crippen molar-refractivity contribution in [3.63, 3.8) is 0 Å². The first-order valence-electron chi connectivity index (χ1n) is 5.55. The van der Waals surface area contributed by atoms with Crippen LogP contribution < -0.4 is 11.3 Å². The maximum Gasteiger partial charge on any atom is 0.193 e. The molecular formula is C13H15ClN2O. The van der Waals surface area contributed by atoms with E-state index in [-0.39, 0.29) is 6.04 Å². The highest BCUT2D eigenvalue weighted by atomic mass is 35.5. The lowest BCUT2D eigenvalue weighted by atomic mass is 10.0. The standard InChI is InChI=1S/C13H15ClN2O/c14-13-9-8-12(17-13)11(16-15)7-6-10-4-2-1-3-5-10/h1-5,8-9,11,16H,6-7,15H2. The molecule has 0 aliphatic carbocycles. The Morgan fingerprint density at radius 3 is 2.53 bits per heavy atom. The highest BCUT2D eigenvalue weighted by Gasteiger charge is 2.13. The van der Waals surface area contributed by atoms with Crippen molar-refractivity contribution >= 4 is 11.6 Å². The lowest BCUT2D eigenvalue weighted by Crippen LogP contribution is -2.28. The zero-order valence-electron chi connectivity index (χ0n) is 9.40. The first kappa shape index (κ1) is 12.2. The zero-order chi connectivity index (χ0) is 12.1. The first-order valence-corrected chi connectivity index (χ1v) is 5.92. The van der Waals surface area contributed by atoms with Crippen molar-refractivity contribution in [2.24, 2.45) is 5.84 Å². The molecule has 17 heavy (non-hydrogen) atoms. The van der Waals surface area contributed by atoms with Crippen LogP contribution in [0.4, 0.5) is 0 Å². The predicted molar refractivity (Wildman–Crippen MR) is 68.5 cm³/mol. The molecule has 4 heteroatoms. The number of nitrogens with one attached hydrogen (secondary N) is 1. The van der Waals surface area contributed by atoms with Gasteiger partial charge in [-0.25, -0.2) is 5.43 Å². The monoisotopic (exact) mass is 250 g/mol. The fourth-order valence-corrected chi connectivity index (χ4v) is 1.93. The third kappa shape index (κ3) is 3.33. The van der Waals surface area contributed by atoms with E-state index in [2.05, 4.69) is 17.6 Å². The molecule has 1 heterocycles. The quantitative estimate of drug-likeness (QED) is 0.633. The van der Waals surface area contributed by atoms with Crippen LogP contribution in [0, 0.1) is 0 Å². The molecule has 90 valence electrons. The second-order valence-electron chi connectivity index (χ2n) is 3.89.